The SMILES string of the molecule is CC(CO)(CCl)C(=O)O. The van der Waals surface area contributed by atoms with E-state index in [-0.39, 0.29) is 5.88 Å². The van der Waals surface area contributed by atoms with Crippen LogP contribution in [0.3, 0.4) is 0 Å². The molecule has 1 atom stereocenters. The van der Waals surface area contributed by atoms with Crippen molar-refractivity contribution in [2.45, 2.75) is 6.92 Å². The molecule has 0 aromatic carbocycles. The van der Waals surface area contributed by atoms with Crippen molar-refractivity contribution in [3.05, 3.63) is 0 Å². The first-order valence-electron chi connectivity index (χ1n) is 2.47. The van der Waals surface area contributed by atoms with Gasteiger partial charge in [-0.25, -0.2) is 0 Å². The van der Waals surface area contributed by atoms with Crippen molar-refractivity contribution in [1.82, 2.24) is 0 Å². The first-order chi connectivity index (χ1) is 4.06. The molecule has 0 aromatic heterocycles. The van der Waals surface area contributed by atoms with E-state index in [0.29, 0.717) is 0 Å². The first-order valence-corrected chi connectivity index (χ1v) is 3.00. The third-order valence-corrected chi connectivity index (χ3v) is 1.75. The molecule has 0 fully saturated rings. The van der Waals surface area contributed by atoms with E-state index in [9.17, 15) is 4.79 Å². The zero-order valence-electron chi connectivity index (χ0n) is 5.09. The van der Waals surface area contributed by atoms with Crippen molar-refractivity contribution in [3.63, 3.8) is 0 Å². The van der Waals surface area contributed by atoms with Gasteiger partial charge in [-0.2, -0.15) is 0 Å². The molecule has 0 spiro atoms. The van der Waals surface area contributed by atoms with E-state index in [2.05, 4.69) is 0 Å². The van der Waals surface area contributed by atoms with Gasteiger partial charge in [0.15, 0.2) is 0 Å². The normalized spacial score (nSPS) is 16.8. The molecule has 2 N–H and O–H groups in total. The second-order valence-corrected chi connectivity index (χ2v) is 2.42. The molecule has 0 heterocycles. The van der Waals surface area contributed by atoms with E-state index in [0.717, 1.165) is 0 Å². The molecule has 54 valence electrons. The number of hydrogen-bond donors (Lipinski definition) is 2. The lowest BCUT2D eigenvalue weighted by Crippen LogP contribution is -2.33. The van der Waals surface area contributed by atoms with Gasteiger partial charge < -0.3 is 10.2 Å². The van der Waals surface area contributed by atoms with Gasteiger partial charge in [0.2, 0.25) is 0 Å². The fourth-order valence-electron chi connectivity index (χ4n) is 0.167. The van der Waals surface area contributed by atoms with Crippen molar-refractivity contribution in [2.75, 3.05) is 12.5 Å². The summed E-state index contributed by atoms with van der Waals surface area (Å²) in [6.07, 6.45) is 0. The molecule has 0 aliphatic rings. The van der Waals surface area contributed by atoms with Gasteiger partial charge in [-0.3, -0.25) is 4.79 Å². The molecule has 3 nitrogen and oxygen atoms in total. The molecule has 4 heteroatoms. The van der Waals surface area contributed by atoms with Gasteiger partial charge in [-0.15, -0.1) is 11.6 Å². The summed E-state index contributed by atoms with van der Waals surface area (Å²) in [4.78, 5) is 10.2. The van der Waals surface area contributed by atoms with E-state index in [1.165, 1.54) is 6.92 Å². The maximum Gasteiger partial charge on any atom is 0.312 e. The van der Waals surface area contributed by atoms with Crippen LogP contribution in [0.4, 0.5) is 0 Å². The Morgan fingerprint density at radius 3 is 2.22 bits per heavy atom. The standard InChI is InChI=1S/C5H9ClO3/c1-5(2-6,3-7)4(8)9/h7H,2-3H2,1H3,(H,8,9). The van der Waals surface area contributed by atoms with Gasteiger partial charge in [0, 0.05) is 5.88 Å². The third kappa shape index (κ3) is 1.84. The number of hydrogen-bond acceptors (Lipinski definition) is 2. The molecule has 0 saturated heterocycles. The van der Waals surface area contributed by atoms with Gasteiger partial charge in [0.05, 0.1) is 6.61 Å². The first kappa shape index (κ1) is 8.72. The average Bonchev–Trinajstić information content (AvgIpc) is 1.86. The zero-order chi connectivity index (χ0) is 7.49. The number of rotatable bonds is 3. The molecule has 0 bridgehead atoms. The van der Waals surface area contributed by atoms with Crippen molar-refractivity contribution in [3.8, 4) is 0 Å². The molecule has 0 aromatic rings. The molecular weight excluding hydrogens is 144 g/mol. The predicted molar refractivity (Wildman–Crippen MR) is 33.5 cm³/mol. The van der Waals surface area contributed by atoms with Crippen LogP contribution in [0.2, 0.25) is 0 Å². The third-order valence-electron chi connectivity index (χ3n) is 1.16. The predicted octanol–water partition coefficient (Wildman–Crippen LogP) is 0.308. The maximum absolute atomic E-state index is 10.2. The highest BCUT2D eigenvalue weighted by atomic mass is 35.5. The highest BCUT2D eigenvalue weighted by Gasteiger charge is 2.30. The number of aliphatic hydroxyl groups excluding tert-OH is 1. The number of carbonyl (C=O) groups is 1. The number of halogens is 1. The Hall–Kier alpha value is -0.280. The molecule has 0 saturated carbocycles. The van der Waals surface area contributed by atoms with Gasteiger partial charge in [0.25, 0.3) is 0 Å². The molecule has 9 heavy (non-hydrogen) atoms. The van der Waals surface area contributed by atoms with E-state index in [4.69, 9.17) is 21.8 Å². The van der Waals surface area contributed by atoms with Crippen LogP contribution < -0.4 is 0 Å². The topological polar surface area (TPSA) is 57.5 Å². The van der Waals surface area contributed by atoms with Crippen LogP contribution in [-0.2, 0) is 4.79 Å². The maximum atomic E-state index is 10.2. The number of carboxylic acids is 1. The number of carboxylic acid groups (broad SMARTS) is 1. The van der Waals surface area contributed by atoms with Crippen molar-refractivity contribution in [2.24, 2.45) is 5.41 Å². The van der Waals surface area contributed by atoms with Gasteiger partial charge in [-0.05, 0) is 6.92 Å². The van der Waals surface area contributed by atoms with Crippen LogP contribution in [0.5, 0.6) is 0 Å². The fourth-order valence-corrected chi connectivity index (χ4v) is 0.366. The molecule has 0 aliphatic carbocycles. The quantitative estimate of drug-likeness (QED) is 0.573. The Morgan fingerprint density at radius 1 is 1.78 bits per heavy atom. The average molecular weight is 153 g/mol. The van der Waals surface area contributed by atoms with E-state index in [1.54, 1.807) is 0 Å². The van der Waals surface area contributed by atoms with E-state index >= 15 is 0 Å². The summed E-state index contributed by atoms with van der Waals surface area (Å²) >= 11 is 5.26. The van der Waals surface area contributed by atoms with Crippen LogP contribution >= 0.6 is 11.6 Å². The highest BCUT2D eigenvalue weighted by Crippen LogP contribution is 2.16. The van der Waals surface area contributed by atoms with E-state index in [1.807, 2.05) is 0 Å². The number of aliphatic carboxylic acids is 1. The van der Waals surface area contributed by atoms with Crippen molar-refractivity contribution < 1.29 is 15.0 Å². The van der Waals surface area contributed by atoms with Crippen molar-refractivity contribution in [1.29, 1.82) is 0 Å². The molecule has 0 radical (unpaired) electrons. The summed E-state index contributed by atoms with van der Waals surface area (Å²) in [6.45, 7) is 0.966. The largest absolute Gasteiger partial charge is 0.481 e. The van der Waals surface area contributed by atoms with Crippen LogP contribution in [0.1, 0.15) is 6.92 Å². The molecule has 0 amide bonds. The number of alkyl halides is 1. The molecule has 0 aliphatic heterocycles. The Balaban J connectivity index is 4.09. The Kier molecular flexibility index (Phi) is 2.94. The monoisotopic (exact) mass is 152 g/mol. The summed E-state index contributed by atoms with van der Waals surface area (Å²) < 4.78 is 0. The summed E-state index contributed by atoms with van der Waals surface area (Å²) in [5.41, 5.74) is -1.18. The van der Waals surface area contributed by atoms with E-state index < -0.39 is 18.0 Å². The van der Waals surface area contributed by atoms with Crippen LogP contribution in [-0.4, -0.2) is 28.7 Å². The number of aliphatic hydroxyl groups is 1. The molecule has 0 rings (SSSR count). The van der Waals surface area contributed by atoms with Gasteiger partial charge >= 0.3 is 5.97 Å². The Morgan fingerprint density at radius 2 is 2.22 bits per heavy atom. The highest BCUT2D eigenvalue weighted by molar-refractivity contribution is 6.19. The zero-order valence-corrected chi connectivity index (χ0v) is 5.85. The lowest BCUT2D eigenvalue weighted by molar-refractivity contribution is -0.148. The summed E-state index contributed by atoms with van der Waals surface area (Å²) in [7, 11) is 0. The minimum atomic E-state index is -1.18. The Labute approximate surface area is 58.3 Å². The summed E-state index contributed by atoms with van der Waals surface area (Å²) in [5, 5.41) is 16.9. The lowest BCUT2D eigenvalue weighted by Gasteiger charge is -2.17. The Bertz CT molecular complexity index is 109. The summed E-state index contributed by atoms with van der Waals surface area (Å²) in [6, 6.07) is 0. The fraction of sp³-hybridized carbons (Fsp3) is 0.800. The molecular formula is C5H9ClO3. The smallest absolute Gasteiger partial charge is 0.312 e. The second-order valence-electron chi connectivity index (χ2n) is 2.16. The minimum Gasteiger partial charge on any atom is -0.481 e. The minimum absolute atomic E-state index is 0.0706. The van der Waals surface area contributed by atoms with Crippen LogP contribution in [0, 0.1) is 5.41 Å². The van der Waals surface area contributed by atoms with Gasteiger partial charge in [-0.1, -0.05) is 0 Å². The summed E-state index contributed by atoms with van der Waals surface area (Å²) in [5.74, 6) is -1.14. The molecule has 1 unspecified atom stereocenters. The van der Waals surface area contributed by atoms with Crippen LogP contribution in [0.25, 0.3) is 0 Å². The van der Waals surface area contributed by atoms with Gasteiger partial charge in [0.1, 0.15) is 5.41 Å². The lowest BCUT2D eigenvalue weighted by atomic mass is 9.95. The van der Waals surface area contributed by atoms with Crippen molar-refractivity contribution >= 4 is 17.6 Å². The van der Waals surface area contributed by atoms with Crippen LogP contribution in [0.15, 0.2) is 0 Å². The second kappa shape index (κ2) is 3.03.